The lowest BCUT2D eigenvalue weighted by atomic mass is 10.2. The predicted molar refractivity (Wildman–Crippen MR) is 114 cm³/mol. The van der Waals surface area contributed by atoms with Crippen LogP contribution in [0.2, 0.25) is 5.02 Å². The number of hydrogen-bond donors (Lipinski definition) is 1. The molecular formula is C19H20ClN3O3S2. The van der Waals surface area contributed by atoms with Crippen molar-refractivity contribution in [1.29, 1.82) is 0 Å². The smallest absolute Gasteiger partial charge is 0.255 e. The normalized spacial score (nSPS) is 11.9. The standard InChI is InChI=1S/C19H20ClN3O3S2/c1-4-23(5-2)28(25,26)18-10-13(6-8-15(18)20)19(24)22-14-7-9-16-17(11-14)27-12(3)21-16/h6-11H,4-5H2,1-3H3,(H,22,24). The zero-order valence-electron chi connectivity index (χ0n) is 15.7. The van der Waals surface area contributed by atoms with Crippen LogP contribution in [0.15, 0.2) is 41.3 Å². The van der Waals surface area contributed by atoms with E-state index in [4.69, 9.17) is 11.6 Å². The lowest BCUT2D eigenvalue weighted by Crippen LogP contribution is -2.31. The molecule has 0 aliphatic heterocycles. The van der Waals surface area contributed by atoms with Crippen molar-refractivity contribution in [2.75, 3.05) is 18.4 Å². The molecule has 148 valence electrons. The van der Waals surface area contributed by atoms with E-state index in [2.05, 4.69) is 10.3 Å². The van der Waals surface area contributed by atoms with Crippen LogP contribution in [0.25, 0.3) is 10.2 Å². The van der Waals surface area contributed by atoms with Gasteiger partial charge in [0.1, 0.15) is 4.90 Å². The third kappa shape index (κ3) is 4.05. The van der Waals surface area contributed by atoms with Crippen LogP contribution in [0.5, 0.6) is 0 Å². The number of nitrogens with one attached hydrogen (secondary N) is 1. The molecule has 0 saturated carbocycles. The minimum atomic E-state index is -3.77. The van der Waals surface area contributed by atoms with Crippen molar-refractivity contribution < 1.29 is 13.2 Å². The van der Waals surface area contributed by atoms with Crippen LogP contribution in [-0.2, 0) is 10.0 Å². The van der Waals surface area contributed by atoms with E-state index in [0.29, 0.717) is 18.8 Å². The number of fused-ring (bicyclic) bond motifs is 1. The molecule has 9 heteroatoms. The summed E-state index contributed by atoms with van der Waals surface area (Å²) in [5.41, 5.74) is 1.71. The van der Waals surface area contributed by atoms with Crippen LogP contribution in [0, 0.1) is 6.92 Å². The lowest BCUT2D eigenvalue weighted by Gasteiger charge is -2.19. The molecule has 0 unspecified atom stereocenters. The third-order valence-electron chi connectivity index (χ3n) is 4.27. The zero-order valence-corrected chi connectivity index (χ0v) is 18.1. The molecule has 1 heterocycles. The van der Waals surface area contributed by atoms with E-state index in [-0.39, 0.29) is 15.5 Å². The zero-order chi connectivity index (χ0) is 20.5. The topological polar surface area (TPSA) is 79.4 Å². The summed E-state index contributed by atoms with van der Waals surface area (Å²) in [6.07, 6.45) is 0. The molecule has 0 spiro atoms. The highest BCUT2D eigenvalue weighted by molar-refractivity contribution is 7.89. The van der Waals surface area contributed by atoms with Gasteiger partial charge in [0.05, 0.1) is 20.2 Å². The quantitative estimate of drug-likeness (QED) is 0.613. The Morgan fingerprint density at radius 2 is 1.89 bits per heavy atom. The maximum absolute atomic E-state index is 12.8. The molecule has 2 aromatic carbocycles. The minimum absolute atomic E-state index is 0.0703. The Labute approximate surface area is 173 Å². The van der Waals surface area contributed by atoms with Gasteiger partial charge >= 0.3 is 0 Å². The Kier molecular flexibility index (Phi) is 6.04. The van der Waals surface area contributed by atoms with Gasteiger partial charge in [-0.05, 0) is 43.3 Å². The SMILES string of the molecule is CCN(CC)S(=O)(=O)c1cc(C(=O)Nc2ccc3nc(C)sc3c2)ccc1Cl. The molecule has 3 rings (SSSR count). The van der Waals surface area contributed by atoms with Crippen molar-refractivity contribution in [2.24, 2.45) is 0 Å². The Morgan fingerprint density at radius 3 is 2.57 bits per heavy atom. The van der Waals surface area contributed by atoms with Crippen LogP contribution in [0.4, 0.5) is 5.69 Å². The van der Waals surface area contributed by atoms with E-state index in [0.717, 1.165) is 15.2 Å². The number of amides is 1. The molecule has 1 N–H and O–H groups in total. The van der Waals surface area contributed by atoms with Gasteiger partial charge in [-0.15, -0.1) is 11.3 Å². The molecule has 0 saturated heterocycles. The molecule has 0 atom stereocenters. The molecule has 0 radical (unpaired) electrons. The first kappa shape index (κ1) is 20.7. The number of thiazole rings is 1. The van der Waals surface area contributed by atoms with Crippen molar-refractivity contribution >= 4 is 54.8 Å². The fourth-order valence-corrected chi connectivity index (χ4v) is 5.69. The number of carbonyl (C=O) groups is 1. The average molecular weight is 438 g/mol. The Hall–Kier alpha value is -2.00. The van der Waals surface area contributed by atoms with Gasteiger partial charge < -0.3 is 5.32 Å². The maximum atomic E-state index is 12.8. The van der Waals surface area contributed by atoms with Gasteiger partial charge in [0.15, 0.2) is 0 Å². The van der Waals surface area contributed by atoms with E-state index in [1.54, 1.807) is 31.3 Å². The molecule has 1 aromatic heterocycles. The van der Waals surface area contributed by atoms with Crippen molar-refractivity contribution in [3.05, 3.63) is 52.0 Å². The number of aromatic nitrogens is 1. The molecule has 3 aromatic rings. The first-order valence-corrected chi connectivity index (χ1v) is 11.4. The number of benzene rings is 2. The Morgan fingerprint density at radius 1 is 1.18 bits per heavy atom. The van der Waals surface area contributed by atoms with Crippen LogP contribution in [0.3, 0.4) is 0 Å². The lowest BCUT2D eigenvalue weighted by molar-refractivity contribution is 0.102. The molecular weight excluding hydrogens is 418 g/mol. The Balaban J connectivity index is 1.91. The molecule has 0 fully saturated rings. The van der Waals surface area contributed by atoms with Crippen LogP contribution in [-0.4, -0.2) is 36.7 Å². The average Bonchev–Trinajstić information content (AvgIpc) is 3.02. The monoisotopic (exact) mass is 437 g/mol. The number of halogens is 1. The fourth-order valence-electron chi connectivity index (χ4n) is 2.87. The molecule has 6 nitrogen and oxygen atoms in total. The Bertz CT molecular complexity index is 1140. The predicted octanol–water partition coefficient (Wildman–Crippen LogP) is 4.54. The van der Waals surface area contributed by atoms with E-state index in [1.807, 2.05) is 19.1 Å². The molecule has 0 bridgehead atoms. The summed E-state index contributed by atoms with van der Waals surface area (Å²) >= 11 is 7.67. The summed E-state index contributed by atoms with van der Waals surface area (Å²) in [5.74, 6) is -0.409. The maximum Gasteiger partial charge on any atom is 0.255 e. The van der Waals surface area contributed by atoms with Crippen LogP contribution >= 0.6 is 22.9 Å². The number of aryl methyl sites for hydroxylation is 1. The number of carbonyl (C=O) groups excluding carboxylic acids is 1. The van der Waals surface area contributed by atoms with Crippen LogP contribution < -0.4 is 5.32 Å². The van der Waals surface area contributed by atoms with Gasteiger partial charge in [0.25, 0.3) is 5.91 Å². The van der Waals surface area contributed by atoms with Gasteiger partial charge in [0, 0.05) is 24.3 Å². The van der Waals surface area contributed by atoms with Gasteiger partial charge in [-0.3, -0.25) is 4.79 Å². The number of anilines is 1. The number of rotatable bonds is 6. The second kappa shape index (κ2) is 8.16. The van der Waals surface area contributed by atoms with Crippen molar-refractivity contribution in [3.63, 3.8) is 0 Å². The highest BCUT2D eigenvalue weighted by atomic mass is 35.5. The molecule has 0 aliphatic rings. The molecule has 28 heavy (non-hydrogen) atoms. The second-order valence-electron chi connectivity index (χ2n) is 6.10. The van der Waals surface area contributed by atoms with Gasteiger partial charge in [-0.25, -0.2) is 13.4 Å². The number of sulfonamides is 1. The summed E-state index contributed by atoms with van der Waals surface area (Å²) in [7, 11) is -3.77. The van der Waals surface area contributed by atoms with Crippen molar-refractivity contribution in [2.45, 2.75) is 25.7 Å². The van der Waals surface area contributed by atoms with Crippen molar-refractivity contribution in [1.82, 2.24) is 9.29 Å². The largest absolute Gasteiger partial charge is 0.322 e. The summed E-state index contributed by atoms with van der Waals surface area (Å²) in [6.45, 7) is 6.07. The van der Waals surface area contributed by atoms with E-state index < -0.39 is 15.9 Å². The fraction of sp³-hybridized carbons (Fsp3) is 0.263. The summed E-state index contributed by atoms with van der Waals surface area (Å²) in [4.78, 5) is 17.0. The first-order valence-electron chi connectivity index (χ1n) is 8.74. The highest BCUT2D eigenvalue weighted by Gasteiger charge is 2.25. The van der Waals surface area contributed by atoms with Gasteiger partial charge in [0.2, 0.25) is 10.0 Å². The van der Waals surface area contributed by atoms with E-state index in [1.165, 1.54) is 22.5 Å². The van der Waals surface area contributed by atoms with Crippen molar-refractivity contribution in [3.8, 4) is 0 Å². The van der Waals surface area contributed by atoms with E-state index in [9.17, 15) is 13.2 Å². The third-order valence-corrected chi connectivity index (χ3v) is 7.73. The summed E-state index contributed by atoms with van der Waals surface area (Å²) in [6, 6.07) is 9.72. The minimum Gasteiger partial charge on any atom is -0.322 e. The summed E-state index contributed by atoms with van der Waals surface area (Å²) < 4.78 is 27.9. The van der Waals surface area contributed by atoms with E-state index >= 15 is 0 Å². The number of hydrogen-bond acceptors (Lipinski definition) is 5. The second-order valence-corrected chi connectivity index (χ2v) is 9.65. The molecule has 0 aliphatic carbocycles. The van der Waals surface area contributed by atoms with Crippen LogP contribution in [0.1, 0.15) is 29.2 Å². The highest BCUT2D eigenvalue weighted by Crippen LogP contribution is 2.27. The first-order chi connectivity index (χ1) is 13.3. The number of nitrogens with zero attached hydrogens (tertiary/aromatic N) is 2. The van der Waals surface area contributed by atoms with Gasteiger partial charge in [-0.2, -0.15) is 4.31 Å². The molecule has 1 amide bonds. The summed E-state index contributed by atoms with van der Waals surface area (Å²) in [5, 5.41) is 3.84. The van der Waals surface area contributed by atoms with Gasteiger partial charge in [-0.1, -0.05) is 25.4 Å².